The molecule has 0 N–H and O–H groups in total. The van der Waals surface area contributed by atoms with Gasteiger partial charge in [0.1, 0.15) is 11.2 Å². The van der Waals surface area contributed by atoms with Crippen LogP contribution in [0.5, 0.6) is 5.75 Å². The highest BCUT2D eigenvalue weighted by atomic mass is 16.5. The highest BCUT2D eigenvalue weighted by molar-refractivity contribution is 6.13. The predicted octanol–water partition coefficient (Wildman–Crippen LogP) is 5.35. The van der Waals surface area contributed by atoms with Crippen molar-refractivity contribution in [2.75, 3.05) is 7.05 Å². The summed E-state index contributed by atoms with van der Waals surface area (Å²) >= 11 is 0. The zero-order valence-corrected chi connectivity index (χ0v) is 17.9. The summed E-state index contributed by atoms with van der Waals surface area (Å²) in [5.41, 5.74) is 2.13. The molecule has 5 nitrogen and oxygen atoms in total. The van der Waals surface area contributed by atoms with Crippen molar-refractivity contribution in [2.24, 2.45) is 22.7 Å². The molecule has 1 saturated heterocycles. The van der Waals surface area contributed by atoms with Gasteiger partial charge in [-0.15, -0.1) is 0 Å². The van der Waals surface area contributed by atoms with E-state index in [0.717, 1.165) is 45.1 Å². The van der Waals surface area contributed by atoms with Crippen molar-refractivity contribution in [3.63, 3.8) is 0 Å². The molecule has 3 aromatic rings. The van der Waals surface area contributed by atoms with Gasteiger partial charge in [0.25, 0.3) is 0 Å². The van der Waals surface area contributed by atoms with Crippen LogP contribution in [0, 0.1) is 17.8 Å². The Bertz CT molecular complexity index is 1170. The van der Waals surface area contributed by atoms with Gasteiger partial charge in [-0.05, 0) is 68.8 Å². The molecule has 6 rings (SSSR count). The summed E-state index contributed by atoms with van der Waals surface area (Å²) in [7, 11) is 2.24. The van der Waals surface area contributed by atoms with Gasteiger partial charge in [-0.1, -0.05) is 13.8 Å². The molecule has 1 aromatic carbocycles. The Morgan fingerprint density at radius 3 is 2.50 bits per heavy atom. The lowest BCUT2D eigenvalue weighted by molar-refractivity contribution is -0.0667. The molecule has 5 unspecified atom stereocenters. The minimum absolute atomic E-state index is 0.357. The largest absolute Gasteiger partial charge is 0.464 e. The molecule has 1 saturated carbocycles. The molecule has 1 aliphatic carbocycles. The van der Waals surface area contributed by atoms with Gasteiger partial charge in [-0.3, -0.25) is 19.9 Å². The highest BCUT2D eigenvalue weighted by Crippen LogP contribution is 2.51. The van der Waals surface area contributed by atoms with Crippen LogP contribution in [0.4, 0.5) is 5.69 Å². The third kappa shape index (κ3) is 2.48. The van der Waals surface area contributed by atoms with Gasteiger partial charge in [0.2, 0.25) is 5.72 Å². The summed E-state index contributed by atoms with van der Waals surface area (Å²) in [6, 6.07) is 8.63. The van der Waals surface area contributed by atoms with E-state index in [2.05, 4.69) is 54.1 Å². The Labute approximate surface area is 177 Å². The summed E-state index contributed by atoms with van der Waals surface area (Å²) < 4.78 is 7.04. The highest BCUT2D eigenvalue weighted by Gasteiger charge is 2.51. The molecule has 2 aliphatic heterocycles. The second kappa shape index (κ2) is 6.48. The number of ether oxygens (including phenoxy) is 1. The van der Waals surface area contributed by atoms with E-state index < -0.39 is 5.72 Å². The first-order valence-corrected chi connectivity index (χ1v) is 11.2. The Morgan fingerprint density at radius 2 is 1.70 bits per heavy atom. The number of nitrogens with zero attached hydrogens (tertiary/aromatic N) is 4. The van der Waals surface area contributed by atoms with Crippen molar-refractivity contribution < 1.29 is 4.74 Å². The Balaban J connectivity index is 1.57. The van der Waals surface area contributed by atoms with Crippen LogP contribution in [0.25, 0.3) is 21.8 Å². The molecule has 2 aromatic heterocycles. The summed E-state index contributed by atoms with van der Waals surface area (Å²) in [6.45, 7) is 4.74. The van der Waals surface area contributed by atoms with Gasteiger partial charge in [0, 0.05) is 35.1 Å². The van der Waals surface area contributed by atoms with Crippen molar-refractivity contribution in [3.05, 3.63) is 36.7 Å². The Morgan fingerprint density at radius 1 is 0.967 bits per heavy atom. The van der Waals surface area contributed by atoms with Gasteiger partial charge < -0.3 is 4.74 Å². The molecule has 154 valence electrons. The monoisotopic (exact) mass is 400 g/mol. The van der Waals surface area contributed by atoms with Crippen LogP contribution in [-0.4, -0.2) is 39.9 Å². The van der Waals surface area contributed by atoms with Gasteiger partial charge in [0.05, 0.1) is 11.7 Å². The number of benzene rings is 1. The molecule has 1 spiro atoms. The number of pyridine rings is 2. The van der Waals surface area contributed by atoms with Gasteiger partial charge in [-0.25, -0.2) is 0 Å². The first-order valence-electron chi connectivity index (χ1n) is 11.2. The Kier molecular flexibility index (Phi) is 3.94. The molecule has 0 amide bonds. The molecule has 2 bridgehead atoms. The quantitative estimate of drug-likeness (QED) is 0.477. The van der Waals surface area contributed by atoms with E-state index in [-0.39, 0.29) is 0 Å². The first kappa shape index (κ1) is 18.3. The fourth-order valence-corrected chi connectivity index (χ4v) is 6.30. The Hall–Kier alpha value is -2.53. The SMILES string of the molecule is CC1CC2CC(C1)N(C)C1(C=Nc3c(c4cccnc4c4ncccc34)O1)C(C)C2. The standard InChI is InChI=1S/C25H28N4O/c1-15-10-17-12-16(2)25(29(3)18(11-15)13-17)14-28-23-19-6-4-8-26-21(19)22-20(24(23)30-25)7-5-9-27-22/h4-9,14-18H,10-13H2,1-3H3. The third-order valence-corrected chi connectivity index (χ3v) is 7.71. The fraction of sp³-hybridized carbons (Fsp3) is 0.480. The maximum Gasteiger partial charge on any atom is 0.202 e. The van der Waals surface area contributed by atoms with Crippen LogP contribution >= 0.6 is 0 Å². The van der Waals surface area contributed by atoms with Crippen LogP contribution in [0.3, 0.4) is 0 Å². The van der Waals surface area contributed by atoms with Gasteiger partial charge >= 0.3 is 0 Å². The lowest BCUT2D eigenvalue weighted by atomic mass is 9.77. The molecule has 0 radical (unpaired) electrons. The normalized spacial score (nSPS) is 33.4. The van der Waals surface area contributed by atoms with Gasteiger partial charge in [0.15, 0.2) is 5.75 Å². The van der Waals surface area contributed by atoms with E-state index in [1.807, 2.05) is 24.5 Å². The number of hydrogen-bond donors (Lipinski definition) is 0. The number of aliphatic imine (C=N–C) groups is 1. The topological polar surface area (TPSA) is 50.6 Å². The molecular weight excluding hydrogens is 372 g/mol. The lowest BCUT2D eigenvalue weighted by Crippen LogP contribution is -2.60. The molecule has 30 heavy (non-hydrogen) atoms. The third-order valence-electron chi connectivity index (χ3n) is 7.71. The molecule has 4 heterocycles. The molecule has 5 atom stereocenters. The summed E-state index contributed by atoms with van der Waals surface area (Å²) in [5.74, 6) is 2.75. The van der Waals surface area contributed by atoms with Crippen LogP contribution in [0.2, 0.25) is 0 Å². The van der Waals surface area contributed by atoms with Gasteiger partial charge in [-0.2, -0.15) is 0 Å². The first-order chi connectivity index (χ1) is 14.6. The van der Waals surface area contributed by atoms with E-state index in [1.165, 1.54) is 25.7 Å². The second-order valence-electron chi connectivity index (χ2n) is 9.67. The zero-order chi connectivity index (χ0) is 20.5. The van der Waals surface area contributed by atoms with Crippen LogP contribution in [0.15, 0.2) is 41.7 Å². The van der Waals surface area contributed by atoms with E-state index in [1.54, 1.807) is 0 Å². The smallest absolute Gasteiger partial charge is 0.202 e. The molecular formula is C25H28N4O. The van der Waals surface area contributed by atoms with E-state index >= 15 is 0 Å². The van der Waals surface area contributed by atoms with Crippen molar-refractivity contribution in [1.82, 2.24) is 14.9 Å². The van der Waals surface area contributed by atoms with E-state index in [4.69, 9.17) is 9.73 Å². The molecule has 2 fully saturated rings. The zero-order valence-electron chi connectivity index (χ0n) is 17.9. The average Bonchev–Trinajstić information content (AvgIpc) is 2.83. The van der Waals surface area contributed by atoms with Crippen LogP contribution < -0.4 is 4.74 Å². The average molecular weight is 401 g/mol. The van der Waals surface area contributed by atoms with E-state index in [0.29, 0.717) is 12.0 Å². The predicted molar refractivity (Wildman–Crippen MR) is 120 cm³/mol. The van der Waals surface area contributed by atoms with Crippen molar-refractivity contribution in [3.8, 4) is 5.75 Å². The fourth-order valence-electron chi connectivity index (χ4n) is 6.30. The van der Waals surface area contributed by atoms with Crippen molar-refractivity contribution in [1.29, 1.82) is 0 Å². The molecule has 5 heteroatoms. The number of rotatable bonds is 0. The minimum atomic E-state index is -0.519. The maximum atomic E-state index is 7.04. The second-order valence-corrected chi connectivity index (χ2v) is 9.67. The summed E-state index contributed by atoms with van der Waals surface area (Å²) in [6.07, 6.45) is 10.7. The molecule has 3 aliphatic rings. The van der Waals surface area contributed by atoms with Crippen LogP contribution in [0.1, 0.15) is 39.5 Å². The summed E-state index contributed by atoms with van der Waals surface area (Å²) in [5, 5.41) is 2.00. The number of fused-ring (bicyclic) bond motifs is 8. The van der Waals surface area contributed by atoms with Crippen molar-refractivity contribution >= 4 is 33.7 Å². The minimum Gasteiger partial charge on any atom is -0.464 e. The lowest BCUT2D eigenvalue weighted by Gasteiger charge is -2.47. The number of aromatic nitrogens is 2. The summed E-state index contributed by atoms with van der Waals surface area (Å²) in [4.78, 5) is 16.8. The van der Waals surface area contributed by atoms with Crippen molar-refractivity contribution in [2.45, 2.75) is 51.3 Å². The number of hydrogen-bond acceptors (Lipinski definition) is 5. The maximum absolute atomic E-state index is 7.04. The van der Waals surface area contributed by atoms with Crippen LogP contribution in [-0.2, 0) is 0 Å². The number of likely N-dealkylation sites (tertiary alicyclic amines) is 1. The van der Waals surface area contributed by atoms with E-state index in [9.17, 15) is 0 Å².